The summed E-state index contributed by atoms with van der Waals surface area (Å²) in [5.41, 5.74) is 6.66. The van der Waals surface area contributed by atoms with Gasteiger partial charge in [0.15, 0.2) is 0 Å². The minimum Gasteiger partial charge on any atom is -0.496 e. The van der Waals surface area contributed by atoms with E-state index in [0.717, 1.165) is 54.6 Å². The smallest absolute Gasteiger partial charge is 0.251 e. The van der Waals surface area contributed by atoms with E-state index in [-0.39, 0.29) is 49.0 Å². The van der Waals surface area contributed by atoms with Gasteiger partial charge in [-0.15, -0.1) is 0 Å². The maximum absolute atomic E-state index is 14.9. The summed E-state index contributed by atoms with van der Waals surface area (Å²) in [5.74, 6) is 2.05. The van der Waals surface area contributed by atoms with Gasteiger partial charge in [0, 0.05) is 60.5 Å². The summed E-state index contributed by atoms with van der Waals surface area (Å²) in [5, 5.41) is 23.3. The molecule has 64 heavy (non-hydrogen) atoms. The first-order chi connectivity index (χ1) is 30.7. The largest absolute Gasteiger partial charge is 0.496 e. The number of fused-ring (bicyclic) bond motifs is 2. The van der Waals surface area contributed by atoms with Crippen LogP contribution >= 0.6 is 0 Å². The van der Waals surface area contributed by atoms with Crippen LogP contribution in [0.15, 0.2) is 97.1 Å². The van der Waals surface area contributed by atoms with Crippen LogP contribution < -0.4 is 25.6 Å². The van der Waals surface area contributed by atoms with E-state index in [4.69, 9.17) is 9.57 Å². The van der Waals surface area contributed by atoms with Crippen molar-refractivity contribution in [3.05, 3.63) is 119 Å². The fraction of sp³-hybridized carbons (Fsp3) is 0.519. The van der Waals surface area contributed by atoms with Gasteiger partial charge in [-0.3, -0.25) is 14.4 Å². The van der Waals surface area contributed by atoms with Crippen molar-refractivity contribution in [1.82, 2.24) is 21.0 Å². The number of carbonyl (C=O) groups is 2. The van der Waals surface area contributed by atoms with Crippen molar-refractivity contribution in [3.8, 4) is 16.9 Å². The predicted molar refractivity (Wildman–Crippen MR) is 257 cm³/mol. The third-order valence-corrected chi connectivity index (χ3v) is 14.9. The Morgan fingerprint density at radius 3 is 2.27 bits per heavy atom. The molecule has 4 aliphatic rings. The molecular weight excluding hydrogens is 799 g/mol. The Bertz CT molecular complexity index is 2180. The number of nitrogens with zero attached hydrogens (tertiary/aromatic N) is 2. The summed E-state index contributed by atoms with van der Waals surface area (Å²) in [6.45, 7) is 14.3. The molecule has 8 rings (SSSR count). The van der Waals surface area contributed by atoms with E-state index in [0.29, 0.717) is 40.4 Å². The topological polar surface area (TPSA) is 115 Å². The van der Waals surface area contributed by atoms with Gasteiger partial charge in [-0.2, -0.15) is 5.06 Å². The van der Waals surface area contributed by atoms with Crippen molar-refractivity contribution >= 4 is 17.5 Å². The molecule has 0 spiro atoms. The summed E-state index contributed by atoms with van der Waals surface area (Å²) in [7, 11) is 5.62. The number of aliphatic hydroxyl groups excluding tert-OH is 1. The second-order valence-electron chi connectivity index (χ2n) is 20.1. The molecule has 4 aromatic rings. The van der Waals surface area contributed by atoms with Gasteiger partial charge in [0.05, 0.1) is 20.3 Å². The number of methoxy groups -OCH3 is 1. The van der Waals surface area contributed by atoms with E-state index in [1.54, 1.807) is 12.2 Å². The SMILES string of the molecule is COc1c(CN2O[C@@H](CO)[C@@H]([C@H](C)NCCc3ccccc3)[C@H]2C(=O)N[C@H]2C[C@H]3C[C@@H]([C@@H]2C)C3(C)C)cccc1-c1cc(C(=O)N[C@@H](Cc2ccccc2)CC(C)C)cc(N(C)C)c1. The molecule has 0 radical (unpaired) electrons. The molecule has 4 N–H and O–H groups in total. The number of nitrogens with one attached hydrogen (secondary N) is 3. The number of amides is 2. The molecule has 10 nitrogen and oxygen atoms in total. The number of aliphatic hydroxyl groups is 1. The van der Waals surface area contributed by atoms with Crippen LogP contribution in [-0.4, -0.2) is 86.6 Å². The van der Waals surface area contributed by atoms with Gasteiger partial charge >= 0.3 is 0 Å². The Morgan fingerprint density at radius 1 is 0.938 bits per heavy atom. The zero-order valence-corrected chi connectivity index (χ0v) is 39.6. The quantitative estimate of drug-likeness (QED) is 0.0745. The van der Waals surface area contributed by atoms with E-state index in [2.05, 4.69) is 100.0 Å². The van der Waals surface area contributed by atoms with E-state index >= 15 is 0 Å². The molecule has 2 amide bonds. The molecule has 0 aromatic heterocycles. The van der Waals surface area contributed by atoms with Gasteiger partial charge in [-0.25, -0.2) is 0 Å². The molecule has 3 saturated carbocycles. The monoisotopic (exact) mass is 872 g/mol. The number of rotatable bonds is 19. The van der Waals surface area contributed by atoms with E-state index in [9.17, 15) is 14.7 Å². The first-order valence-corrected chi connectivity index (χ1v) is 23.6. The van der Waals surface area contributed by atoms with Crippen LogP contribution in [-0.2, 0) is 29.0 Å². The fourth-order valence-electron chi connectivity index (χ4n) is 11.2. The Kier molecular flexibility index (Phi) is 15.2. The number of carbonyl (C=O) groups excluding carboxylic acids is 2. The van der Waals surface area contributed by atoms with E-state index in [1.165, 1.54) is 17.5 Å². The van der Waals surface area contributed by atoms with Gasteiger partial charge in [0.25, 0.3) is 5.91 Å². The van der Waals surface area contributed by atoms with Crippen molar-refractivity contribution in [3.63, 3.8) is 0 Å². The van der Waals surface area contributed by atoms with Gasteiger partial charge in [0.1, 0.15) is 17.9 Å². The van der Waals surface area contributed by atoms with Crippen molar-refractivity contribution in [2.75, 3.05) is 39.3 Å². The molecule has 344 valence electrons. The van der Waals surface area contributed by atoms with Crippen LogP contribution in [0.1, 0.15) is 87.9 Å². The molecule has 1 heterocycles. The van der Waals surface area contributed by atoms with Crippen LogP contribution in [0.25, 0.3) is 11.1 Å². The molecule has 9 atom stereocenters. The maximum Gasteiger partial charge on any atom is 0.251 e. The summed E-state index contributed by atoms with van der Waals surface area (Å²) < 4.78 is 6.25. The van der Waals surface area contributed by atoms with Crippen LogP contribution in [0, 0.1) is 35.0 Å². The predicted octanol–water partition coefficient (Wildman–Crippen LogP) is 8.32. The first kappa shape index (κ1) is 47.2. The van der Waals surface area contributed by atoms with Crippen LogP contribution in [0.5, 0.6) is 5.75 Å². The van der Waals surface area contributed by atoms with Gasteiger partial charge < -0.3 is 30.7 Å². The van der Waals surface area contributed by atoms with Crippen molar-refractivity contribution in [2.45, 2.75) is 110 Å². The minimum atomic E-state index is -0.676. The minimum absolute atomic E-state index is 0.0305. The standard InChI is InChI=1S/C54H73N5O5/c1-34(2)25-43(26-38-19-14-11-15-20-38)56-52(61)41-27-40(28-44(29-41)58(7)8)45-22-16-21-39(51(45)63-9)32-59-50(53(62)57-47-31-42-30-46(35(47)3)54(42,5)6)49(48(33-60)64-59)36(4)55-24-23-37-17-12-10-13-18-37/h10-22,27-29,34-36,42-43,46-50,55,60H,23-26,30-33H2,1-9H3,(H,56,61)(H,57,62)/t35-,36-,42+,43+,46-,47-,48-,49+,50-/m0/s1. The van der Waals surface area contributed by atoms with Crippen molar-refractivity contribution in [1.29, 1.82) is 0 Å². The molecule has 0 unspecified atom stereocenters. The Labute approximate surface area is 382 Å². The second kappa shape index (κ2) is 20.6. The lowest BCUT2D eigenvalue weighted by Crippen LogP contribution is -2.62. The number of para-hydroxylation sites is 1. The lowest BCUT2D eigenvalue weighted by Gasteiger charge is -2.62. The Morgan fingerprint density at radius 2 is 1.64 bits per heavy atom. The number of benzene rings is 4. The molecule has 10 heteroatoms. The summed E-state index contributed by atoms with van der Waals surface area (Å²) in [4.78, 5) is 37.7. The fourth-order valence-corrected chi connectivity index (χ4v) is 11.2. The molecule has 2 bridgehead atoms. The highest BCUT2D eigenvalue weighted by molar-refractivity contribution is 5.97. The third-order valence-electron chi connectivity index (χ3n) is 14.9. The highest BCUT2D eigenvalue weighted by Crippen LogP contribution is 2.61. The van der Waals surface area contributed by atoms with Crippen LogP contribution in [0.3, 0.4) is 0 Å². The average molecular weight is 872 g/mol. The van der Waals surface area contributed by atoms with Crippen molar-refractivity contribution < 1.29 is 24.3 Å². The summed E-state index contributed by atoms with van der Waals surface area (Å²) in [6.07, 6.45) is 4.04. The summed E-state index contributed by atoms with van der Waals surface area (Å²) >= 11 is 0. The lowest BCUT2D eigenvalue weighted by atomic mass is 9.45. The molecule has 4 aromatic carbocycles. The number of hydrogen-bond donors (Lipinski definition) is 4. The van der Waals surface area contributed by atoms with E-state index in [1.807, 2.05) is 73.6 Å². The molecule has 1 aliphatic heterocycles. The first-order valence-electron chi connectivity index (χ1n) is 23.6. The maximum atomic E-state index is 14.9. The number of hydrogen-bond acceptors (Lipinski definition) is 8. The number of hydroxylamine groups is 2. The lowest BCUT2D eigenvalue weighted by molar-refractivity contribution is -0.183. The highest BCUT2D eigenvalue weighted by atomic mass is 16.7. The highest BCUT2D eigenvalue weighted by Gasteiger charge is 2.57. The molecule has 4 fully saturated rings. The zero-order valence-electron chi connectivity index (χ0n) is 39.6. The zero-order chi connectivity index (χ0) is 45.7. The van der Waals surface area contributed by atoms with Gasteiger partial charge in [-0.1, -0.05) is 113 Å². The van der Waals surface area contributed by atoms with Crippen molar-refractivity contribution in [2.24, 2.45) is 35.0 Å². The average Bonchev–Trinajstić information content (AvgIpc) is 3.65. The molecule has 1 saturated heterocycles. The van der Waals surface area contributed by atoms with Gasteiger partial charge in [-0.05, 0) is 110 Å². The second-order valence-corrected chi connectivity index (χ2v) is 20.1. The van der Waals surface area contributed by atoms with Crippen LogP contribution in [0.4, 0.5) is 5.69 Å². The van der Waals surface area contributed by atoms with Gasteiger partial charge in [0.2, 0.25) is 5.91 Å². The van der Waals surface area contributed by atoms with E-state index < -0.39 is 12.1 Å². The number of ether oxygens (including phenoxy) is 1. The Hall–Kier alpha value is -4.74. The molecule has 3 aliphatic carbocycles. The molecular formula is C54H73N5O5. The van der Waals surface area contributed by atoms with Crippen LogP contribution in [0.2, 0.25) is 0 Å². The normalized spacial score (nSPS) is 24.7. The summed E-state index contributed by atoms with van der Waals surface area (Å²) in [6, 6.07) is 31.9. The Balaban J connectivity index is 1.17. The number of anilines is 1. The third kappa shape index (κ3) is 10.5.